The Morgan fingerprint density at radius 2 is 1.97 bits per heavy atom. The first-order chi connectivity index (χ1) is 14.2. The van der Waals surface area contributed by atoms with Gasteiger partial charge in [-0.1, -0.05) is 0 Å². The standard InChI is InChI=1S/C20H18F2IN5O2/c1-25-19(29)13-8-11(7-10-5-6-26-17(24)16(10)22)20(30)28(2)18(13)27-15-4-3-12(23)9-14(15)21/h3-6,8-9,27H,7H2,1-2H3,(H2,24,26)(H,25,29). The Kier molecular flexibility index (Phi) is 6.34. The number of nitrogens with zero attached hydrogens (tertiary/aromatic N) is 2. The second-order valence-electron chi connectivity index (χ2n) is 6.47. The number of anilines is 3. The fourth-order valence-corrected chi connectivity index (χ4v) is 3.40. The maximum Gasteiger partial charge on any atom is 0.255 e. The molecule has 1 aromatic carbocycles. The Morgan fingerprint density at radius 1 is 1.23 bits per heavy atom. The molecular formula is C20H18F2IN5O2. The Balaban J connectivity index is 2.12. The minimum absolute atomic E-state index is 0.0899. The summed E-state index contributed by atoms with van der Waals surface area (Å²) in [4.78, 5) is 29.1. The fourth-order valence-electron chi connectivity index (χ4n) is 2.95. The molecule has 3 rings (SSSR count). The summed E-state index contributed by atoms with van der Waals surface area (Å²) in [7, 11) is 2.88. The van der Waals surface area contributed by atoms with Crippen molar-refractivity contribution in [2.75, 3.05) is 18.1 Å². The summed E-state index contributed by atoms with van der Waals surface area (Å²) < 4.78 is 30.5. The SMILES string of the molecule is CNC(=O)c1cc(Cc2ccnc(N)c2F)c(=O)n(C)c1Nc1ccc(I)cc1F. The molecule has 0 aliphatic heterocycles. The van der Waals surface area contributed by atoms with E-state index < -0.39 is 23.1 Å². The molecule has 30 heavy (non-hydrogen) atoms. The predicted molar refractivity (Wildman–Crippen MR) is 119 cm³/mol. The van der Waals surface area contributed by atoms with Gasteiger partial charge in [0.2, 0.25) is 0 Å². The highest BCUT2D eigenvalue weighted by atomic mass is 127. The summed E-state index contributed by atoms with van der Waals surface area (Å²) in [6, 6.07) is 7.31. The molecule has 0 fully saturated rings. The fraction of sp³-hybridized carbons (Fsp3) is 0.150. The van der Waals surface area contributed by atoms with Crippen LogP contribution in [-0.2, 0) is 13.5 Å². The Bertz CT molecular complexity index is 1200. The molecule has 0 radical (unpaired) electrons. The Labute approximate surface area is 184 Å². The van der Waals surface area contributed by atoms with Crippen molar-refractivity contribution in [3.63, 3.8) is 0 Å². The smallest absolute Gasteiger partial charge is 0.255 e. The van der Waals surface area contributed by atoms with E-state index >= 15 is 0 Å². The van der Waals surface area contributed by atoms with E-state index in [0.29, 0.717) is 3.57 Å². The van der Waals surface area contributed by atoms with Crippen LogP contribution in [0.15, 0.2) is 41.3 Å². The lowest BCUT2D eigenvalue weighted by molar-refractivity contribution is 0.0963. The van der Waals surface area contributed by atoms with Gasteiger partial charge < -0.3 is 16.4 Å². The van der Waals surface area contributed by atoms with Crippen LogP contribution in [0.1, 0.15) is 21.5 Å². The summed E-state index contributed by atoms with van der Waals surface area (Å²) >= 11 is 1.98. The van der Waals surface area contributed by atoms with Crippen LogP contribution in [0.4, 0.5) is 26.1 Å². The zero-order valence-corrected chi connectivity index (χ0v) is 18.3. The summed E-state index contributed by atoms with van der Waals surface area (Å²) in [5, 5.41) is 5.32. The van der Waals surface area contributed by atoms with E-state index in [1.807, 2.05) is 22.6 Å². The highest BCUT2D eigenvalue weighted by Gasteiger charge is 2.20. The zero-order chi connectivity index (χ0) is 22.0. The number of halogens is 3. The average Bonchev–Trinajstić information content (AvgIpc) is 2.71. The number of hydrogen-bond donors (Lipinski definition) is 3. The lowest BCUT2D eigenvalue weighted by atomic mass is 10.0. The molecule has 0 unspecified atom stereocenters. The molecule has 2 heterocycles. The van der Waals surface area contributed by atoms with Gasteiger partial charge in [0, 0.05) is 35.8 Å². The predicted octanol–water partition coefficient (Wildman–Crippen LogP) is 2.94. The molecule has 0 bridgehead atoms. The van der Waals surface area contributed by atoms with Crippen molar-refractivity contribution in [1.82, 2.24) is 14.9 Å². The van der Waals surface area contributed by atoms with Gasteiger partial charge in [0.15, 0.2) is 11.6 Å². The van der Waals surface area contributed by atoms with Crippen molar-refractivity contribution in [3.05, 3.63) is 78.8 Å². The van der Waals surface area contributed by atoms with Gasteiger partial charge in [-0.05, 0) is 58.5 Å². The van der Waals surface area contributed by atoms with E-state index in [0.717, 1.165) is 0 Å². The van der Waals surface area contributed by atoms with Crippen molar-refractivity contribution in [2.24, 2.45) is 7.05 Å². The molecule has 7 nitrogen and oxygen atoms in total. The second kappa shape index (κ2) is 8.78. The average molecular weight is 525 g/mol. The molecule has 10 heteroatoms. The molecule has 1 amide bonds. The van der Waals surface area contributed by atoms with Crippen LogP contribution in [0.2, 0.25) is 0 Å². The van der Waals surface area contributed by atoms with Crippen molar-refractivity contribution in [2.45, 2.75) is 6.42 Å². The third-order valence-corrected chi connectivity index (χ3v) is 5.19. The molecule has 0 aliphatic carbocycles. The number of hydrogen-bond acceptors (Lipinski definition) is 5. The number of nitrogens with one attached hydrogen (secondary N) is 2. The van der Waals surface area contributed by atoms with Crippen LogP contribution in [-0.4, -0.2) is 22.5 Å². The number of rotatable bonds is 5. The van der Waals surface area contributed by atoms with Gasteiger partial charge in [0.1, 0.15) is 11.6 Å². The van der Waals surface area contributed by atoms with E-state index in [4.69, 9.17) is 5.73 Å². The minimum atomic E-state index is -0.718. The monoisotopic (exact) mass is 525 g/mol. The number of nitrogens with two attached hydrogens (primary N) is 1. The van der Waals surface area contributed by atoms with Crippen LogP contribution in [0.3, 0.4) is 0 Å². The van der Waals surface area contributed by atoms with Gasteiger partial charge in [-0.3, -0.25) is 14.2 Å². The molecular weight excluding hydrogens is 507 g/mol. The van der Waals surface area contributed by atoms with E-state index in [2.05, 4.69) is 15.6 Å². The molecule has 0 saturated carbocycles. The number of amides is 1. The molecule has 0 atom stereocenters. The number of aromatic nitrogens is 2. The number of nitrogen functional groups attached to an aromatic ring is 1. The highest BCUT2D eigenvalue weighted by Crippen LogP contribution is 2.25. The normalized spacial score (nSPS) is 10.7. The lowest BCUT2D eigenvalue weighted by Gasteiger charge is -2.18. The van der Waals surface area contributed by atoms with Gasteiger partial charge in [-0.25, -0.2) is 13.8 Å². The van der Waals surface area contributed by atoms with E-state index in [1.54, 1.807) is 6.07 Å². The van der Waals surface area contributed by atoms with Crippen molar-refractivity contribution >= 4 is 45.8 Å². The van der Waals surface area contributed by atoms with Crippen LogP contribution in [0, 0.1) is 15.2 Å². The first-order valence-corrected chi connectivity index (χ1v) is 9.86. The maximum atomic E-state index is 14.3. The third-order valence-electron chi connectivity index (χ3n) is 4.52. The number of carbonyl (C=O) groups is 1. The summed E-state index contributed by atoms with van der Waals surface area (Å²) in [6.07, 6.45) is 1.25. The lowest BCUT2D eigenvalue weighted by Crippen LogP contribution is -2.29. The summed E-state index contributed by atoms with van der Waals surface area (Å²) in [6.45, 7) is 0. The van der Waals surface area contributed by atoms with Crippen LogP contribution in [0.5, 0.6) is 0 Å². The Morgan fingerprint density at radius 3 is 2.63 bits per heavy atom. The number of pyridine rings is 2. The van der Waals surface area contributed by atoms with Crippen molar-refractivity contribution in [1.29, 1.82) is 0 Å². The molecule has 0 aliphatic rings. The molecule has 3 aromatic rings. The van der Waals surface area contributed by atoms with Crippen LogP contribution < -0.4 is 21.9 Å². The highest BCUT2D eigenvalue weighted by molar-refractivity contribution is 14.1. The van der Waals surface area contributed by atoms with Crippen LogP contribution >= 0.6 is 22.6 Å². The van der Waals surface area contributed by atoms with Crippen LogP contribution in [0.25, 0.3) is 0 Å². The van der Waals surface area contributed by atoms with E-state index in [9.17, 15) is 18.4 Å². The molecule has 0 saturated heterocycles. The number of benzene rings is 1. The maximum absolute atomic E-state index is 14.3. The third kappa shape index (κ3) is 4.27. The van der Waals surface area contributed by atoms with Gasteiger partial charge in [-0.2, -0.15) is 0 Å². The van der Waals surface area contributed by atoms with Gasteiger partial charge in [0.25, 0.3) is 11.5 Å². The first-order valence-electron chi connectivity index (χ1n) is 8.78. The molecule has 156 valence electrons. The largest absolute Gasteiger partial charge is 0.381 e. The van der Waals surface area contributed by atoms with E-state index in [-0.39, 0.29) is 40.4 Å². The second-order valence-corrected chi connectivity index (χ2v) is 7.72. The van der Waals surface area contributed by atoms with E-state index in [1.165, 1.54) is 49.1 Å². The topological polar surface area (TPSA) is 102 Å². The minimum Gasteiger partial charge on any atom is -0.381 e. The molecule has 4 N–H and O–H groups in total. The summed E-state index contributed by atoms with van der Waals surface area (Å²) in [5.41, 5.74) is 5.59. The zero-order valence-electron chi connectivity index (χ0n) is 16.1. The first kappa shape index (κ1) is 21.7. The van der Waals surface area contributed by atoms with Gasteiger partial charge in [-0.15, -0.1) is 0 Å². The van der Waals surface area contributed by atoms with Crippen molar-refractivity contribution < 1.29 is 13.6 Å². The number of carbonyl (C=O) groups excluding carboxylic acids is 1. The molecule has 0 spiro atoms. The molecule has 2 aromatic heterocycles. The summed E-state index contributed by atoms with van der Waals surface area (Å²) in [5.74, 6) is -1.91. The van der Waals surface area contributed by atoms with Gasteiger partial charge in [0.05, 0.1) is 11.3 Å². The quantitative estimate of drug-likeness (QED) is 0.445. The van der Waals surface area contributed by atoms with Gasteiger partial charge >= 0.3 is 0 Å². The Hall–Kier alpha value is -3.02. The van der Waals surface area contributed by atoms with Crippen molar-refractivity contribution in [3.8, 4) is 0 Å².